The van der Waals surface area contributed by atoms with E-state index in [1.54, 1.807) is 0 Å². The summed E-state index contributed by atoms with van der Waals surface area (Å²) in [5.74, 6) is -0.218. The number of nitrogens with zero attached hydrogens (tertiary/aromatic N) is 1. The number of H-pyrrole nitrogens is 1. The summed E-state index contributed by atoms with van der Waals surface area (Å²) in [4.78, 5) is 37.0. The van der Waals surface area contributed by atoms with Gasteiger partial charge in [0, 0.05) is 17.8 Å². The minimum absolute atomic E-state index is 0.0703. The van der Waals surface area contributed by atoms with E-state index >= 15 is 0 Å². The van der Waals surface area contributed by atoms with E-state index < -0.39 is 5.69 Å². The van der Waals surface area contributed by atoms with Crippen LogP contribution in [0.2, 0.25) is 0 Å². The molecule has 2 N–H and O–H groups in total. The lowest BCUT2D eigenvalue weighted by Gasteiger charge is -2.15. The first kappa shape index (κ1) is 15.2. The maximum atomic E-state index is 11.8. The lowest BCUT2D eigenvalue weighted by molar-refractivity contribution is -0.122. The highest BCUT2D eigenvalue weighted by molar-refractivity contribution is 5.76. The molecule has 1 aromatic rings. The Balaban J connectivity index is 2.85. The summed E-state index contributed by atoms with van der Waals surface area (Å²) in [6, 6.07) is 0.122. The van der Waals surface area contributed by atoms with Crippen LogP contribution in [0.1, 0.15) is 39.2 Å². The van der Waals surface area contributed by atoms with Crippen LogP contribution in [-0.2, 0) is 17.8 Å². The fourth-order valence-electron chi connectivity index (χ4n) is 1.84. The quantitative estimate of drug-likeness (QED) is 0.782. The number of hydrogen-bond acceptors (Lipinski definition) is 3. The Bertz CT molecular complexity index is 541. The number of aryl methyl sites for hydroxylation is 1. The molecule has 1 rings (SSSR count). The van der Waals surface area contributed by atoms with E-state index in [0.717, 1.165) is 12.8 Å². The second kappa shape index (κ2) is 6.92. The van der Waals surface area contributed by atoms with Crippen molar-refractivity contribution in [2.45, 2.75) is 52.6 Å². The number of carbonyl (C=O) groups is 1. The molecule has 0 aliphatic carbocycles. The molecular weight excluding hydrogens is 246 g/mol. The van der Waals surface area contributed by atoms with Crippen molar-refractivity contribution in [3.63, 3.8) is 0 Å². The maximum absolute atomic E-state index is 11.8. The minimum Gasteiger partial charge on any atom is -0.352 e. The topological polar surface area (TPSA) is 84.0 Å². The fourth-order valence-corrected chi connectivity index (χ4v) is 1.84. The van der Waals surface area contributed by atoms with Gasteiger partial charge in [0.15, 0.2) is 0 Å². The average molecular weight is 267 g/mol. The summed E-state index contributed by atoms with van der Waals surface area (Å²) in [7, 11) is 0. The summed E-state index contributed by atoms with van der Waals surface area (Å²) in [6.07, 6.45) is 3.67. The second-order valence-corrected chi connectivity index (χ2v) is 4.48. The van der Waals surface area contributed by atoms with Gasteiger partial charge in [-0.1, -0.05) is 20.8 Å². The number of carbonyl (C=O) groups excluding carboxylic acids is 1. The van der Waals surface area contributed by atoms with E-state index in [1.807, 2.05) is 20.8 Å². The number of amides is 1. The molecule has 1 amide bonds. The van der Waals surface area contributed by atoms with Crippen LogP contribution in [0.25, 0.3) is 0 Å². The van der Waals surface area contributed by atoms with Crippen molar-refractivity contribution in [3.8, 4) is 0 Å². The van der Waals surface area contributed by atoms with Crippen molar-refractivity contribution in [2.75, 3.05) is 0 Å². The van der Waals surface area contributed by atoms with Gasteiger partial charge in [0.05, 0.1) is 0 Å². The Labute approximate surface area is 111 Å². The van der Waals surface area contributed by atoms with Crippen molar-refractivity contribution in [2.24, 2.45) is 0 Å². The number of rotatable bonds is 6. The molecule has 0 saturated heterocycles. The highest BCUT2D eigenvalue weighted by Crippen LogP contribution is 1.96. The van der Waals surface area contributed by atoms with Gasteiger partial charge in [-0.15, -0.1) is 0 Å². The van der Waals surface area contributed by atoms with Crippen LogP contribution in [-0.4, -0.2) is 21.5 Å². The Kier molecular flexibility index (Phi) is 5.54. The Morgan fingerprint density at radius 2 is 1.95 bits per heavy atom. The number of hydrogen-bond donors (Lipinski definition) is 2. The molecule has 1 heterocycles. The van der Waals surface area contributed by atoms with Gasteiger partial charge in [-0.25, -0.2) is 4.79 Å². The van der Waals surface area contributed by atoms with Crippen LogP contribution in [0.3, 0.4) is 0 Å². The summed E-state index contributed by atoms with van der Waals surface area (Å²) in [6.45, 7) is 5.74. The van der Waals surface area contributed by atoms with E-state index in [0.29, 0.717) is 12.0 Å². The smallest absolute Gasteiger partial charge is 0.328 e. The molecule has 0 atom stereocenters. The van der Waals surface area contributed by atoms with Crippen LogP contribution in [0.4, 0.5) is 0 Å². The fraction of sp³-hybridized carbons (Fsp3) is 0.615. The van der Waals surface area contributed by atoms with Crippen molar-refractivity contribution in [1.29, 1.82) is 0 Å². The van der Waals surface area contributed by atoms with Gasteiger partial charge in [0.2, 0.25) is 5.91 Å². The van der Waals surface area contributed by atoms with Crippen LogP contribution in [0.5, 0.6) is 0 Å². The Morgan fingerprint density at radius 3 is 2.47 bits per heavy atom. The van der Waals surface area contributed by atoms with E-state index in [-0.39, 0.29) is 24.1 Å². The zero-order valence-corrected chi connectivity index (χ0v) is 11.7. The molecule has 1 aromatic heterocycles. The predicted molar refractivity (Wildman–Crippen MR) is 73.2 cm³/mol. The van der Waals surface area contributed by atoms with E-state index in [4.69, 9.17) is 0 Å². The largest absolute Gasteiger partial charge is 0.352 e. The molecule has 0 aliphatic heterocycles. The Morgan fingerprint density at radius 1 is 1.32 bits per heavy atom. The van der Waals surface area contributed by atoms with Crippen molar-refractivity contribution in [3.05, 3.63) is 32.6 Å². The molecule has 0 aliphatic rings. The monoisotopic (exact) mass is 267 g/mol. The molecule has 0 spiro atoms. The van der Waals surface area contributed by atoms with Crippen molar-refractivity contribution in [1.82, 2.24) is 14.9 Å². The SMILES string of the molecule is CCc1cn(CC(=O)NC(CC)CC)c(=O)[nH]c1=O. The van der Waals surface area contributed by atoms with Gasteiger partial charge in [-0.05, 0) is 19.3 Å². The number of aromatic nitrogens is 2. The summed E-state index contributed by atoms with van der Waals surface area (Å²) >= 11 is 0. The van der Waals surface area contributed by atoms with Crippen molar-refractivity contribution >= 4 is 5.91 Å². The predicted octanol–water partition coefficient (Wildman–Crippen LogP) is 0.404. The molecule has 6 heteroatoms. The molecule has 0 saturated carbocycles. The first-order chi connectivity index (χ1) is 9.01. The summed E-state index contributed by atoms with van der Waals surface area (Å²) in [5, 5.41) is 2.85. The molecule has 6 nitrogen and oxygen atoms in total. The molecule has 106 valence electrons. The molecular formula is C13H21N3O3. The highest BCUT2D eigenvalue weighted by atomic mass is 16.2. The molecule has 0 bridgehead atoms. The third kappa shape index (κ3) is 4.08. The zero-order valence-electron chi connectivity index (χ0n) is 11.7. The molecule has 0 aromatic carbocycles. The minimum atomic E-state index is -0.554. The van der Waals surface area contributed by atoms with E-state index in [1.165, 1.54) is 10.8 Å². The Hall–Kier alpha value is -1.85. The van der Waals surface area contributed by atoms with Crippen molar-refractivity contribution < 1.29 is 4.79 Å². The highest BCUT2D eigenvalue weighted by Gasteiger charge is 2.10. The van der Waals surface area contributed by atoms with Crippen LogP contribution < -0.4 is 16.6 Å². The molecule has 0 radical (unpaired) electrons. The first-order valence-electron chi connectivity index (χ1n) is 6.63. The molecule has 0 fully saturated rings. The second-order valence-electron chi connectivity index (χ2n) is 4.48. The van der Waals surface area contributed by atoms with E-state index in [2.05, 4.69) is 10.3 Å². The van der Waals surface area contributed by atoms with Gasteiger partial charge in [-0.3, -0.25) is 19.1 Å². The van der Waals surface area contributed by atoms with Gasteiger partial charge in [-0.2, -0.15) is 0 Å². The van der Waals surface area contributed by atoms with Gasteiger partial charge in [0.1, 0.15) is 6.54 Å². The zero-order chi connectivity index (χ0) is 14.4. The number of aromatic amines is 1. The third-order valence-electron chi connectivity index (χ3n) is 3.13. The van der Waals surface area contributed by atoms with Crippen LogP contribution >= 0.6 is 0 Å². The van der Waals surface area contributed by atoms with Crippen LogP contribution in [0, 0.1) is 0 Å². The maximum Gasteiger partial charge on any atom is 0.328 e. The molecule has 19 heavy (non-hydrogen) atoms. The van der Waals surface area contributed by atoms with Gasteiger partial charge >= 0.3 is 5.69 Å². The number of nitrogens with one attached hydrogen (secondary N) is 2. The average Bonchev–Trinajstić information content (AvgIpc) is 2.39. The normalized spacial score (nSPS) is 10.7. The first-order valence-corrected chi connectivity index (χ1v) is 6.63. The van der Waals surface area contributed by atoms with Gasteiger partial charge < -0.3 is 5.32 Å². The third-order valence-corrected chi connectivity index (χ3v) is 3.13. The lowest BCUT2D eigenvalue weighted by Crippen LogP contribution is -2.40. The summed E-state index contributed by atoms with van der Waals surface area (Å²) in [5.41, 5.74) is -0.444. The van der Waals surface area contributed by atoms with Gasteiger partial charge in [0.25, 0.3) is 5.56 Å². The molecule has 0 unspecified atom stereocenters. The summed E-state index contributed by atoms with van der Waals surface area (Å²) < 4.78 is 1.23. The lowest BCUT2D eigenvalue weighted by atomic mass is 10.2. The van der Waals surface area contributed by atoms with E-state index in [9.17, 15) is 14.4 Å². The van der Waals surface area contributed by atoms with Crippen LogP contribution in [0.15, 0.2) is 15.8 Å². The standard InChI is InChI=1S/C13H21N3O3/c1-4-9-7-16(13(19)15-12(9)18)8-11(17)14-10(5-2)6-3/h7,10H,4-6,8H2,1-3H3,(H,14,17)(H,15,18,19).